The second kappa shape index (κ2) is 6.92. The number of carbonyl (C=O) groups excluding carboxylic acids is 1. The second-order valence-electron chi connectivity index (χ2n) is 5.15. The first-order valence-corrected chi connectivity index (χ1v) is 6.50. The molecule has 1 aromatic carbocycles. The van der Waals surface area contributed by atoms with Crippen molar-refractivity contribution in [1.29, 1.82) is 0 Å². The lowest BCUT2D eigenvalue weighted by Crippen LogP contribution is -2.27. The summed E-state index contributed by atoms with van der Waals surface area (Å²) >= 11 is 0. The number of rotatable bonds is 6. The molecule has 0 aromatic heterocycles. The van der Waals surface area contributed by atoms with Crippen molar-refractivity contribution >= 4 is 11.9 Å². The Kier molecular flexibility index (Phi) is 5.55. The topological polar surface area (TPSA) is 57.6 Å². The minimum absolute atomic E-state index is 0.0688. The molecule has 0 fully saturated rings. The van der Waals surface area contributed by atoms with E-state index in [2.05, 4.69) is 13.8 Å². The Bertz CT molecular complexity index is 437. The third-order valence-electron chi connectivity index (χ3n) is 3.00. The fraction of sp³-hybridized carbons (Fsp3) is 0.467. The highest BCUT2D eigenvalue weighted by Crippen LogP contribution is 2.09. The van der Waals surface area contributed by atoms with E-state index in [4.69, 9.17) is 5.11 Å². The van der Waals surface area contributed by atoms with Gasteiger partial charge in [0.1, 0.15) is 0 Å². The first-order chi connectivity index (χ1) is 8.91. The summed E-state index contributed by atoms with van der Waals surface area (Å²) in [5.74, 6) is -0.414. The van der Waals surface area contributed by atoms with E-state index in [0.29, 0.717) is 11.5 Å². The highest BCUT2D eigenvalue weighted by Gasteiger charge is 2.12. The quantitative estimate of drug-likeness (QED) is 0.858. The number of nitrogens with zero attached hydrogens (tertiary/aromatic N) is 1. The van der Waals surface area contributed by atoms with Crippen LogP contribution in [0.4, 0.5) is 0 Å². The molecule has 1 rings (SSSR count). The molecule has 0 atom stereocenters. The van der Waals surface area contributed by atoms with E-state index in [0.717, 1.165) is 19.4 Å². The van der Waals surface area contributed by atoms with Crippen molar-refractivity contribution in [3.63, 3.8) is 0 Å². The van der Waals surface area contributed by atoms with Crippen molar-refractivity contribution in [2.45, 2.75) is 26.7 Å². The molecule has 19 heavy (non-hydrogen) atoms. The van der Waals surface area contributed by atoms with E-state index in [9.17, 15) is 9.59 Å². The first-order valence-electron chi connectivity index (χ1n) is 6.50. The van der Waals surface area contributed by atoms with Crippen LogP contribution in [0.5, 0.6) is 0 Å². The van der Waals surface area contributed by atoms with Crippen LogP contribution in [0.1, 0.15) is 47.4 Å². The van der Waals surface area contributed by atoms with Crippen LogP contribution in [0.25, 0.3) is 0 Å². The maximum atomic E-state index is 12.1. The zero-order valence-corrected chi connectivity index (χ0v) is 11.7. The van der Waals surface area contributed by atoms with Gasteiger partial charge in [-0.3, -0.25) is 4.79 Å². The lowest BCUT2D eigenvalue weighted by Gasteiger charge is -2.17. The predicted molar refractivity (Wildman–Crippen MR) is 74.4 cm³/mol. The van der Waals surface area contributed by atoms with Gasteiger partial charge in [0.25, 0.3) is 5.91 Å². The molecule has 0 aliphatic rings. The molecule has 0 spiro atoms. The SMILES string of the molecule is CC(C)CCCN(C)C(=O)c1ccc(C(=O)O)cc1. The molecule has 0 radical (unpaired) electrons. The van der Waals surface area contributed by atoms with Gasteiger partial charge in [-0.1, -0.05) is 13.8 Å². The minimum atomic E-state index is -0.982. The van der Waals surface area contributed by atoms with Gasteiger partial charge in [0, 0.05) is 19.2 Å². The van der Waals surface area contributed by atoms with Crippen LogP contribution in [-0.4, -0.2) is 35.5 Å². The summed E-state index contributed by atoms with van der Waals surface area (Å²) in [6.07, 6.45) is 2.07. The maximum absolute atomic E-state index is 12.1. The summed E-state index contributed by atoms with van der Waals surface area (Å²) in [7, 11) is 1.77. The second-order valence-corrected chi connectivity index (χ2v) is 5.15. The average Bonchev–Trinajstić information content (AvgIpc) is 2.37. The molecule has 104 valence electrons. The van der Waals surface area contributed by atoms with Crippen LogP contribution in [0, 0.1) is 5.92 Å². The van der Waals surface area contributed by atoms with Gasteiger partial charge in [-0.25, -0.2) is 4.79 Å². The number of hydrogen-bond acceptors (Lipinski definition) is 2. The van der Waals surface area contributed by atoms with Gasteiger partial charge in [-0.2, -0.15) is 0 Å². The molecule has 1 aromatic rings. The molecule has 0 aliphatic heterocycles. The van der Waals surface area contributed by atoms with Crippen molar-refractivity contribution < 1.29 is 14.7 Å². The number of carboxylic acids is 1. The Balaban J connectivity index is 2.59. The Morgan fingerprint density at radius 2 is 1.68 bits per heavy atom. The van der Waals surface area contributed by atoms with Gasteiger partial charge in [0.05, 0.1) is 5.56 Å². The lowest BCUT2D eigenvalue weighted by molar-refractivity contribution is 0.0695. The molecule has 0 aliphatic carbocycles. The van der Waals surface area contributed by atoms with E-state index in [1.165, 1.54) is 12.1 Å². The zero-order valence-electron chi connectivity index (χ0n) is 11.7. The number of benzene rings is 1. The number of carboxylic acid groups (broad SMARTS) is 1. The van der Waals surface area contributed by atoms with Gasteiger partial charge >= 0.3 is 5.97 Å². The summed E-state index contributed by atoms with van der Waals surface area (Å²) in [6.45, 7) is 5.04. The highest BCUT2D eigenvalue weighted by atomic mass is 16.4. The van der Waals surface area contributed by atoms with Crippen molar-refractivity contribution in [1.82, 2.24) is 4.90 Å². The Labute approximate surface area is 114 Å². The molecular weight excluding hydrogens is 242 g/mol. The Morgan fingerprint density at radius 1 is 1.16 bits per heavy atom. The van der Waals surface area contributed by atoms with Crippen molar-refractivity contribution in [3.05, 3.63) is 35.4 Å². The van der Waals surface area contributed by atoms with Gasteiger partial charge in [0.2, 0.25) is 0 Å². The molecule has 4 heteroatoms. The molecule has 0 heterocycles. The van der Waals surface area contributed by atoms with Gasteiger partial charge in [0.15, 0.2) is 0 Å². The first kappa shape index (κ1) is 15.2. The van der Waals surface area contributed by atoms with E-state index in [-0.39, 0.29) is 11.5 Å². The third kappa shape index (κ3) is 4.73. The molecule has 0 saturated heterocycles. The molecule has 4 nitrogen and oxygen atoms in total. The van der Waals surface area contributed by atoms with Gasteiger partial charge in [-0.05, 0) is 43.0 Å². The van der Waals surface area contributed by atoms with Crippen molar-refractivity contribution in [2.75, 3.05) is 13.6 Å². The predicted octanol–water partition coefficient (Wildman–Crippen LogP) is 2.89. The maximum Gasteiger partial charge on any atom is 0.335 e. The molecule has 0 saturated carbocycles. The van der Waals surface area contributed by atoms with E-state index < -0.39 is 5.97 Å². The summed E-state index contributed by atoms with van der Waals surface area (Å²) in [4.78, 5) is 24.5. The normalized spacial score (nSPS) is 10.5. The Morgan fingerprint density at radius 3 is 2.16 bits per heavy atom. The number of amides is 1. The average molecular weight is 263 g/mol. The molecule has 0 bridgehead atoms. The molecule has 1 N–H and O–H groups in total. The van der Waals surface area contributed by atoms with E-state index in [1.54, 1.807) is 24.1 Å². The fourth-order valence-corrected chi connectivity index (χ4v) is 1.81. The molecule has 1 amide bonds. The summed E-state index contributed by atoms with van der Waals surface area (Å²) in [5.41, 5.74) is 0.719. The lowest BCUT2D eigenvalue weighted by atomic mass is 10.1. The van der Waals surface area contributed by atoms with Crippen LogP contribution >= 0.6 is 0 Å². The standard InChI is InChI=1S/C15H21NO3/c1-11(2)5-4-10-16(3)14(17)12-6-8-13(9-7-12)15(18)19/h6-9,11H,4-5,10H2,1-3H3,(H,18,19). The zero-order chi connectivity index (χ0) is 14.4. The smallest absolute Gasteiger partial charge is 0.335 e. The summed E-state index contributed by atoms with van der Waals surface area (Å²) in [5, 5.41) is 8.80. The van der Waals surface area contributed by atoms with Crippen LogP contribution in [0.15, 0.2) is 24.3 Å². The third-order valence-corrected chi connectivity index (χ3v) is 3.00. The van der Waals surface area contributed by atoms with Crippen molar-refractivity contribution in [3.8, 4) is 0 Å². The van der Waals surface area contributed by atoms with Gasteiger partial charge in [-0.15, -0.1) is 0 Å². The van der Waals surface area contributed by atoms with Crippen LogP contribution < -0.4 is 0 Å². The molecular formula is C15H21NO3. The minimum Gasteiger partial charge on any atom is -0.478 e. The number of carbonyl (C=O) groups is 2. The number of aromatic carboxylic acids is 1. The van der Waals surface area contributed by atoms with E-state index >= 15 is 0 Å². The fourth-order valence-electron chi connectivity index (χ4n) is 1.81. The van der Waals surface area contributed by atoms with Crippen molar-refractivity contribution in [2.24, 2.45) is 5.92 Å². The van der Waals surface area contributed by atoms with Crippen LogP contribution in [-0.2, 0) is 0 Å². The van der Waals surface area contributed by atoms with Crippen LogP contribution in [0.2, 0.25) is 0 Å². The largest absolute Gasteiger partial charge is 0.478 e. The van der Waals surface area contributed by atoms with E-state index in [1.807, 2.05) is 0 Å². The van der Waals surface area contributed by atoms with Crippen LogP contribution in [0.3, 0.4) is 0 Å². The highest BCUT2D eigenvalue weighted by molar-refractivity contribution is 5.95. The summed E-state index contributed by atoms with van der Waals surface area (Å²) < 4.78 is 0. The Hall–Kier alpha value is -1.84. The molecule has 0 unspecified atom stereocenters. The monoisotopic (exact) mass is 263 g/mol. The number of hydrogen-bond donors (Lipinski definition) is 1. The van der Waals surface area contributed by atoms with Gasteiger partial charge < -0.3 is 10.0 Å². The summed E-state index contributed by atoms with van der Waals surface area (Å²) in [6, 6.07) is 6.03.